The van der Waals surface area contributed by atoms with Gasteiger partial charge < -0.3 is 18.9 Å². The highest BCUT2D eigenvalue weighted by Crippen LogP contribution is 2.43. The number of nitrogens with zero attached hydrogens (tertiary/aromatic N) is 1. The Morgan fingerprint density at radius 2 is 0.704 bits per heavy atom. The number of likely N-dealkylation sites (N-methyl/N-ethyl adjacent to an activating group) is 1. The Bertz CT molecular complexity index is 1730. The van der Waals surface area contributed by atoms with Crippen molar-refractivity contribution in [3.8, 4) is 0 Å². The molecule has 0 heterocycles. The minimum atomic E-state index is -4.39. The standard InChI is InChI=1S/C71H124NO8P/c1-6-8-10-12-14-16-18-20-22-24-26-27-28-29-30-31-32-33-34-35-36-37-38-39-40-41-42-43-44-45-46-48-50-52-54-56-58-60-62-64-71(74)80-69(68-79-81(75,76)78-66-65-72(3,4)5)67-77-70(73)63-61-59-57-55-53-51-49-47-25-23-21-19-17-15-13-11-9-7-2/h8,10,14,16,20,22,26-27,29-30,32-33,35-36,38-39,41-42,69H,6-7,9,11-13,15,17-19,21,23-25,28,31,34,37,40,43-68H2,1-5H3/p+1/b10-8-,16-14-,22-20-,27-26-,30-29-,33-32-,36-35-,39-38-,42-41-. The maximum atomic E-state index is 12.9. The van der Waals surface area contributed by atoms with Crippen LogP contribution < -0.4 is 0 Å². The first-order valence-corrected chi connectivity index (χ1v) is 34.6. The SMILES string of the molecule is CC/C=C\C/C=C\C/C=C\C/C=C\C/C=C\C/C=C\C/C=C\C/C=C\C/C=C\CCCCCCCCCCCCCC(=O)OC(COC(=O)CCCCCCCCCCCCCCCCCCCC)COP(=O)(O)OCC[N+](C)(C)C. The molecule has 0 aromatic heterocycles. The molecule has 0 rings (SSSR count). The van der Waals surface area contributed by atoms with Crippen molar-refractivity contribution in [1.82, 2.24) is 0 Å². The van der Waals surface area contributed by atoms with E-state index < -0.39 is 26.5 Å². The van der Waals surface area contributed by atoms with Gasteiger partial charge in [0.05, 0.1) is 27.7 Å². The Morgan fingerprint density at radius 1 is 0.395 bits per heavy atom. The number of unbranched alkanes of at least 4 members (excludes halogenated alkanes) is 28. The van der Waals surface area contributed by atoms with Gasteiger partial charge in [0.1, 0.15) is 19.8 Å². The van der Waals surface area contributed by atoms with Gasteiger partial charge in [0, 0.05) is 12.8 Å². The van der Waals surface area contributed by atoms with E-state index in [1.807, 2.05) is 21.1 Å². The number of ether oxygens (including phenoxy) is 2. The van der Waals surface area contributed by atoms with E-state index in [2.05, 4.69) is 123 Å². The third-order valence-electron chi connectivity index (χ3n) is 14.1. The minimum Gasteiger partial charge on any atom is -0.462 e. The van der Waals surface area contributed by atoms with Crippen LogP contribution in [0.4, 0.5) is 0 Å². The topological polar surface area (TPSA) is 108 Å². The molecule has 0 saturated heterocycles. The molecule has 0 aromatic carbocycles. The second-order valence-electron chi connectivity index (χ2n) is 23.1. The van der Waals surface area contributed by atoms with Gasteiger partial charge >= 0.3 is 19.8 Å². The number of esters is 2. The van der Waals surface area contributed by atoms with Gasteiger partial charge in [0.15, 0.2) is 6.10 Å². The lowest BCUT2D eigenvalue weighted by Crippen LogP contribution is -2.37. The Hall–Kier alpha value is -3.33. The minimum absolute atomic E-state index is 0.0287. The van der Waals surface area contributed by atoms with Crippen LogP contribution in [0.1, 0.15) is 277 Å². The summed E-state index contributed by atoms with van der Waals surface area (Å²) in [5, 5.41) is 0. The molecule has 2 atom stereocenters. The van der Waals surface area contributed by atoms with Crippen LogP contribution >= 0.6 is 7.82 Å². The summed E-state index contributed by atoms with van der Waals surface area (Å²) in [5.74, 6) is -0.795. The van der Waals surface area contributed by atoms with E-state index in [9.17, 15) is 19.0 Å². The van der Waals surface area contributed by atoms with Gasteiger partial charge in [-0.1, -0.05) is 290 Å². The number of phosphoric acid groups is 1. The number of hydrogen-bond donors (Lipinski definition) is 1. The van der Waals surface area contributed by atoms with Crippen molar-refractivity contribution in [2.75, 3.05) is 47.5 Å². The molecule has 0 aliphatic heterocycles. The van der Waals surface area contributed by atoms with Gasteiger partial charge in [-0.2, -0.15) is 0 Å². The van der Waals surface area contributed by atoms with Gasteiger partial charge in [-0.05, 0) is 83.5 Å². The molecule has 0 aromatic rings. The lowest BCUT2D eigenvalue weighted by molar-refractivity contribution is -0.870. The summed E-state index contributed by atoms with van der Waals surface area (Å²) in [4.78, 5) is 35.8. The van der Waals surface area contributed by atoms with Gasteiger partial charge in [0.2, 0.25) is 0 Å². The summed E-state index contributed by atoms with van der Waals surface area (Å²) in [6, 6.07) is 0. The molecule has 0 saturated carbocycles. The average molecular weight is 1150 g/mol. The second-order valence-corrected chi connectivity index (χ2v) is 24.6. The zero-order valence-corrected chi connectivity index (χ0v) is 53.9. The smallest absolute Gasteiger partial charge is 0.462 e. The number of phosphoric ester groups is 1. The molecular weight excluding hydrogens is 1030 g/mol. The van der Waals surface area contributed by atoms with E-state index in [-0.39, 0.29) is 32.0 Å². The van der Waals surface area contributed by atoms with Crippen LogP contribution in [-0.2, 0) is 32.7 Å². The Morgan fingerprint density at radius 3 is 1.05 bits per heavy atom. The largest absolute Gasteiger partial charge is 0.472 e. The summed E-state index contributed by atoms with van der Waals surface area (Å²) in [5.41, 5.74) is 0. The summed E-state index contributed by atoms with van der Waals surface area (Å²) in [6.45, 7) is 4.34. The molecular formula is C71H125NO8P+. The van der Waals surface area contributed by atoms with Crippen LogP contribution in [0, 0.1) is 0 Å². The molecule has 0 aliphatic carbocycles. The Balaban J connectivity index is 4.07. The number of allylic oxidation sites excluding steroid dienone is 18. The van der Waals surface area contributed by atoms with Gasteiger partial charge in [-0.3, -0.25) is 18.6 Å². The number of quaternary nitrogens is 1. The molecule has 0 spiro atoms. The van der Waals surface area contributed by atoms with Gasteiger partial charge in [-0.25, -0.2) is 4.57 Å². The summed E-state index contributed by atoms with van der Waals surface area (Å²) in [7, 11) is 1.47. The average Bonchev–Trinajstić information content (AvgIpc) is 3.43. The molecule has 0 radical (unpaired) electrons. The first-order valence-electron chi connectivity index (χ1n) is 33.1. The third-order valence-corrected chi connectivity index (χ3v) is 15.1. The monoisotopic (exact) mass is 1150 g/mol. The quantitative estimate of drug-likeness (QED) is 0.0211. The van der Waals surface area contributed by atoms with Crippen molar-refractivity contribution in [3.05, 3.63) is 109 Å². The summed E-state index contributed by atoms with van der Waals surface area (Å²) >= 11 is 0. The normalized spacial score (nSPS) is 13.9. The van der Waals surface area contributed by atoms with Crippen LogP contribution in [0.15, 0.2) is 109 Å². The van der Waals surface area contributed by atoms with Crippen LogP contribution in [-0.4, -0.2) is 74.9 Å². The summed E-state index contributed by atoms with van der Waals surface area (Å²) in [6.07, 6.45) is 86.0. The molecule has 2 unspecified atom stereocenters. The second kappa shape index (κ2) is 61.2. The van der Waals surface area contributed by atoms with E-state index in [0.29, 0.717) is 17.4 Å². The molecule has 1 N–H and O–H groups in total. The van der Waals surface area contributed by atoms with Crippen molar-refractivity contribution in [2.24, 2.45) is 0 Å². The van der Waals surface area contributed by atoms with Gasteiger partial charge in [0.25, 0.3) is 0 Å². The zero-order chi connectivity index (χ0) is 59.1. The van der Waals surface area contributed by atoms with Crippen molar-refractivity contribution < 1.29 is 42.1 Å². The molecule has 0 aliphatic rings. The molecule has 81 heavy (non-hydrogen) atoms. The van der Waals surface area contributed by atoms with Crippen LogP contribution in [0.3, 0.4) is 0 Å². The fraction of sp³-hybridized carbons (Fsp3) is 0.718. The van der Waals surface area contributed by atoms with E-state index in [0.717, 1.165) is 103 Å². The Kier molecular flexibility index (Phi) is 58.7. The molecule has 0 bridgehead atoms. The van der Waals surface area contributed by atoms with Crippen molar-refractivity contribution in [2.45, 2.75) is 283 Å². The van der Waals surface area contributed by atoms with Crippen LogP contribution in [0.2, 0.25) is 0 Å². The van der Waals surface area contributed by atoms with E-state index in [4.69, 9.17) is 18.5 Å². The van der Waals surface area contributed by atoms with E-state index in [1.165, 1.54) is 141 Å². The van der Waals surface area contributed by atoms with Crippen LogP contribution in [0.5, 0.6) is 0 Å². The Labute approximate surface area is 499 Å². The molecule has 9 nitrogen and oxygen atoms in total. The zero-order valence-electron chi connectivity index (χ0n) is 53.0. The number of carbonyl (C=O) groups excluding carboxylic acids is 2. The highest BCUT2D eigenvalue weighted by Gasteiger charge is 2.27. The molecule has 466 valence electrons. The van der Waals surface area contributed by atoms with E-state index in [1.54, 1.807) is 0 Å². The summed E-state index contributed by atoms with van der Waals surface area (Å²) < 4.78 is 34.6. The van der Waals surface area contributed by atoms with E-state index >= 15 is 0 Å². The number of carbonyl (C=O) groups is 2. The lowest BCUT2D eigenvalue weighted by atomic mass is 10.0. The molecule has 10 heteroatoms. The first-order chi connectivity index (χ1) is 39.5. The fourth-order valence-electron chi connectivity index (χ4n) is 9.01. The third kappa shape index (κ3) is 65.7. The molecule has 0 amide bonds. The maximum absolute atomic E-state index is 12.9. The maximum Gasteiger partial charge on any atom is 0.472 e. The lowest BCUT2D eigenvalue weighted by Gasteiger charge is -2.24. The highest BCUT2D eigenvalue weighted by molar-refractivity contribution is 7.47. The van der Waals surface area contributed by atoms with Gasteiger partial charge in [-0.15, -0.1) is 0 Å². The molecule has 0 fully saturated rings. The number of rotatable bonds is 60. The fourth-order valence-corrected chi connectivity index (χ4v) is 9.75. The van der Waals surface area contributed by atoms with Crippen molar-refractivity contribution >= 4 is 19.8 Å². The predicted octanol–water partition coefficient (Wildman–Crippen LogP) is 21.3. The number of hydrogen-bond acceptors (Lipinski definition) is 7. The van der Waals surface area contributed by atoms with Crippen LogP contribution in [0.25, 0.3) is 0 Å². The predicted molar refractivity (Wildman–Crippen MR) is 348 cm³/mol. The van der Waals surface area contributed by atoms with Crippen molar-refractivity contribution in [3.63, 3.8) is 0 Å². The first kappa shape index (κ1) is 77.7. The highest BCUT2D eigenvalue weighted by atomic mass is 31.2. The van der Waals surface area contributed by atoms with Crippen molar-refractivity contribution in [1.29, 1.82) is 0 Å².